The zero-order chi connectivity index (χ0) is 23.5. The molecule has 170 valence electrons. The van der Waals surface area contributed by atoms with Crippen molar-refractivity contribution < 1.29 is 13.9 Å². The van der Waals surface area contributed by atoms with Gasteiger partial charge in [0.15, 0.2) is 0 Å². The number of nitrogens with zero attached hydrogens (tertiary/aromatic N) is 2. The highest BCUT2D eigenvalue weighted by Crippen LogP contribution is 2.40. The predicted molar refractivity (Wildman–Crippen MR) is 132 cm³/mol. The second-order valence-corrected chi connectivity index (χ2v) is 8.51. The van der Waals surface area contributed by atoms with Crippen LogP contribution in [-0.4, -0.2) is 28.6 Å². The summed E-state index contributed by atoms with van der Waals surface area (Å²) in [5, 5.41) is 1.86. The quantitative estimate of drug-likeness (QED) is 0.281. The van der Waals surface area contributed by atoms with E-state index in [9.17, 15) is 9.18 Å². The summed E-state index contributed by atoms with van der Waals surface area (Å²) in [4.78, 5) is 14.3. The van der Waals surface area contributed by atoms with Crippen LogP contribution >= 0.6 is 23.2 Å². The number of halogens is 3. The molecule has 0 atom stereocenters. The summed E-state index contributed by atoms with van der Waals surface area (Å²) >= 11 is 12.6. The van der Waals surface area contributed by atoms with Crippen LogP contribution in [-0.2, 0) is 6.54 Å². The van der Waals surface area contributed by atoms with Crippen molar-refractivity contribution in [1.82, 2.24) is 9.47 Å². The molecule has 0 aliphatic heterocycles. The monoisotopic (exact) mass is 484 g/mol. The van der Waals surface area contributed by atoms with Gasteiger partial charge in [0, 0.05) is 52.3 Å². The van der Waals surface area contributed by atoms with Crippen LogP contribution in [0.4, 0.5) is 9.18 Å². The van der Waals surface area contributed by atoms with Gasteiger partial charge in [-0.05, 0) is 73.5 Å². The topological polar surface area (TPSA) is 34.5 Å². The highest BCUT2D eigenvalue weighted by molar-refractivity contribution is 6.35. The third kappa shape index (κ3) is 5.00. The van der Waals surface area contributed by atoms with Crippen LogP contribution in [0, 0.1) is 5.82 Å². The Labute approximate surface area is 202 Å². The number of aromatic nitrogens is 1. The molecular formula is C26H23Cl2FN2O2. The molecule has 0 fully saturated rings. The lowest BCUT2D eigenvalue weighted by molar-refractivity contribution is 0.157. The van der Waals surface area contributed by atoms with E-state index >= 15 is 0 Å². The molecule has 0 saturated carbocycles. The van der Waals surface area contributed by atoms with E-state index in [2.05, 4.69) is 4.57 Å². The maximum absolute atomic E-state index is 13.3. The molecule has 0 N–H and O–H groups in total. The molecule has 0 unspecified atom stereocenters. The van der Waals surface area contributed by atoms with E-state index in [1.165, 1.54) is 12.1 Å². The van der Waals surface area contributed by atoms with Crippen molar-refractivity contribution in [3.05, 3.63) is 88.3 Å². The Balaban J connectivity index is 1.83. The first-order valence-electron chi connectivity index (χ1n) is 10.7. The molecule has 1 heterocycles. The molecule has 0 spiro atoms. The lowest BCUT2D eigenvalue weighted by Gasteiger charge is -2.20. The minimum absolute atomic E-state index is 0.268. The number of carbonyl (C=O) groups is 1. The molecule has 0 aliphatic carbocycles. The molecule has 3 aromatic carbocycles. The van der Waals surface area contributed by atoms with Gasteiger partial charge in [0.2, 0.25) is 0 Å². The minimum Gasteiger partial charge on any atom is -0.410 e. The highest BCUT2D eigenvalue weighted by atomic mass is 35.5. The highest BCUT2D eigenvalue weighted by Gasteiger charge is 2.19. The molecule has 4 rings (SSSR count). The average Bonchev–Trinajstić information content (AvgIpc) is 3.18. The molecule has 1 amide bonds. The number of ether oxygens (including phenoxy) is 1. The number of rotatable bonds is 6. The van der Waals surface area contributed by atoms with Crippen molar-refractivity contribution in [1.29, 1.82) is 0 Å². The molecule has 0 bridgehead atoms. The van der Waals surface area contributed by atoms with Crippen LogP contribution in [0.3, 0.4) is 0 Å². The lowest BCUT2D eigenvalue weighted by Crippen LogP contribution is -2.33. The molecule has 4 nitrogen and oxygen atoms in total. The van der Waals surface area contributed by atoms with Gasteiger partial charge in [-0.15, -0.1) is 0 Å². The molecule has 0 aliphatic rings. The molecular weight excluding hydrogens is 462 g/mol. The molecule has 33 heavy (non-hydrogen) atoms. The van der Waals surface area contributed by atoms with Gasteiger partial charge in [-0.2, -0.15) is 0 Å². The van der Waals surface area contributed by atoms with Gasteiger partial charge >= 0.3 is 6.09 Å². The summed E-state index contributed by atoms with van der Waals surface area (Å²) in [7, 11) is 0. The summed E-state index contributed by atoms with van der Waals surface area (Å²) in [6.07, 6.45) is 1.54. The Morgan fingerprint density at radius 2 is 1.64 bits per heavy atom. The SMILES string of the molecule is CCN(CC)C(=O)Oc1ccc2c(ccn2Cc2ccc(F)cc2)c1-c1cc(Cl)cc(Cl)c1. The summed E-state index contributed by atoms with van der Waals surface area (Å²) < 4.78 is 21.2. The van der Waals surface area contributed by atoms with Crippen LogP contribution in [0.1, 0.15) is 19.4 Å². The average molecular weight is 485 g/mol. The first-order valence-corrected chi connectivity index (χ1v) is 11.4. The van der Waals surface area contributed by atoms with Crippen molar-refractivity contribution >= 4 is 40.2 Å². The van der Waals surface area contributed by atoms with E-state index in [0.717, 1.165) is 27.6 Å². The minimum atomic E-state index is -0.417. The fourth-order valence-corrected chi connectivity index (χ4v) is 4.42. The summed E-state index contributed by atoms with van der Waals surface area (Å²) in [6.45, 7) is 5.47. The largest absolute Gasteiger partial charge is 0.415 e. The molecule has 7 heteroatoms. The van der Waals surface area contributed by atoms with Crippen molar-refractivity contribution in [2.75, 3.05) is 13.1 Å². The van der Waals surface area contributed by atoms with Crippen molar-refractivity contribution in [3.63, 3.8) is 0 Å². The van der Waals surface area contributed by atoms with Crippen LogP contribution in [0.15, 0.2) is 66.9 Å². The molecule has 0 saturated heterocycles. The van der Waals surface area contributed by atoms with Gasteiger partial charge in [0.1, 0.15) is 11.6 Å². The molecule has 4 aromatic rings. The Bertz CT molecular complexity index is 1280. The van der Waals surface area contributed by atoms with Gasteiger partial charge in [-0.3, -0.25) is 0 Å². The van der Waals surface area contributed by atoms with Crippen LogP contribution in [0.2, 0.25) is 10.0 Å². The Morgan fingerprint density at radius 1 is 0.970 bits per heavy atom. The van der Waals surface area contributed by atoms with Gasteiger partial charge in [0.05, 0.1) is 0 Å². The number of hydrogen-bond donors (Lipinski definition) is 0. The number of hydrogen-bond acceptors (Lipinski definition) is 2. The van der Waals surface area contributed by atoms with E-state index in [4.69, 9.17) is 27.9 Å². The number of carbonyl (C=O) groups excluding carboxylic acids is 1. The first-order chi connectivity index (χ1) is 15.9. The van der Waals surface area contributed by atoms with Gasteiger partial charge < -0.3 is 14.2 Å². The van der Waals surface area contributed by atoms with Gasteiger partial charge in [-0.1, -0.05) is 35.3 Å². The third-order valence-corrected chi connectivity index (χ3v) is 5.99. The zero-order valence-corrected chi connectivity index (χ0v) is 19.8. The number of benzene rings is 3. The lowest BCUT2D eigenvalue weighted by atomic mass is 10.0. The normalized spacial score (nSPS) is 11.1. The summed E-state index contributed by atoms with van der Waals surface area (Å²) in [5.74, 6) is 0.160. The van der Waals surface area contributed by atoms with E-state index in [1.54, 1.807) is 41.3 Å². The third-order valence-electron chi connectivity index (χ3n) is 5.55. The molecule has 0 radical (unpaired) electrons. The Kier molecular flexibility index (Phi) is 6.91. The van der Waals surface area contributed by atoms with Gasteiger partial charge in [0.25, 0.3) is 0 Å². The van der Waals surface area contributed by atoms with E-state index < -0.39 is 6.09 Å². The summed E-state index contributed by atoms with van der Waals surface area (Å²) in [5.41, 5.74) is 3.39. The maximum atomic E-state index is 13.3. The second-order valence-electron chi connectivity index (χ2n) is 7.64. The fraction of sp³-hybridized carbons (Fsp3) is 0.192. The van der Waals surface area contributed by atoms with E-state index in [-0.39, 0.29) is 5.82 Å². The second kappa shape index (κ2) is 9.86. The van der Waals surface area contributed by atoms with Crippen LogP contribution < -0.4 is 4.74 Å². The Morgan fingerprint density at radius 3 is 2.27 bits per heavy atom. The van der Waals surface area contributed by atoms with Crippen molar-refractivity contribution in [2.45, 2.75) is 20.4 Å². The van der Waals surface area contributed by atoms with E-state index in [1.807, 2.05) is 32.2 Å². The zero-order valence-electron chi connectivity index (χ0n) is 18.3. The smallest absolute Gasteiger partial charge is 0.410 e. The summed E-state index contributed by atoms with van der Waals surface area (Å²) in [6, 6.07) is 17.4. The Hall–Kier alpha value is -3.02. The van der Waals surface area contributed by atoms with Crippen LogP contribution in [0.25, 0.3) is 22.0 Å². The predicted octanol–water partition coefficient (Wildman–Crippen LogP) is 7.64. The fourth-order valence-electron chi connectivity index (χ4n) is 3.90. The van der Waals surface area contributed by atoms with Crippen molar-refractivity contribution in [3.8, 4) is 16.9 Å². The van der Waals surface area contributed by atoms with Crippen LogP contribution in [0.5, 0.6) is 5.75 Å². The first kappa shape index (κ1) is 23.1. The maximum Gasteiger partial charge on any atom is 0.415 e. The van der Waals surface area contributed by atoms with Gasteiger partial charge in [-0.25, -0.2) is 9.18 Å². The number of fused-ring (bicyclic) bond motifs is 1. The standard InChI is InChI=1S/C26H23Cl2FN2O2/c1-3-30(4-2)26(32)33-24-10-9-23-22(25(24)18-13-19(27)15-20(28)14-18)11-12-31(23)16-17-5-7-21(29)8-6-17/h5-15H,3-4,16H2,1-2H3. The number of amides is 1. The van der Waals surface area contributed by atoms with E-state index in [0.29, 0.717) is 35.4 Å². The van der Waals surface area contributed by atoms with Crippen molar-refractivity contribution in [2.24, 2.45) is 0 Å². The molecule has 1 aromatic heterocycles.